The van der Waals surface area contributed by atoms with Crippen LogP contribution < -0.4 is 5.73 Å². The van der Waals surface area contributed by atoms with Crippen molar-refractivity contribution >= 4 is 28.4 Å². The Bertz CT molecular complexity index is 422. The minimum atomic E-state index is 0.434. The molecule has 2 N–H and O–H groups in total. The zero-order valence-electron chi connectivity index (χ0n) is 7.26. The van der Waals surface area contributed by atoms with Crippen LogP contribution in [0.25, 0.3) is 0 Å². The van der Waals surface area contributed by atoms with Gasteiger partial charge in [-0.25, -0.2) is 4.98 Å². The van der Waals surface area contributed by atoms with Gasteiger partial charge in [-0.05, 0) is 22.6 Å². The van der Waals surface area contributed by atoms with E-state index < -0.39 is 0 Å². The molecule has 0 fully saturated rings. The van der Waals surface area contributed by atoms with Gasteiger partial charge >= 0.3 is 0 Å². The maximum absolute atomic E-state index is 5.43. The normalized spacial score (nSPS) is 10.4. The van der Waals surface area contributed by atoms with Crippen LogP contribution in [-0.2, 0) is 6.54 Å². The highest BCUT2D eigenvalue weighted by molar-refractivity contribution is 14.1. The van der Waals surface area contributed by atoms with E-state index in [4.69, 9.17) is 5.73 Å². The molecule has 0 spiro atoms. The number of hydrogen-bond donors (Lipinski definition) is 1. The van der Waals surface area contributed by atoms with E-state index in [1.165, 1.54) is 0 Å². The Labute approximate surface area is 94.5 Å². The third kappa shape index (κ3) is 2.19. The molecular formula is C8H8IN5. The predicted molar refractivity (Wildman–Crippen MR) is 60.5 cm³/mol. The molecule has 0 saturated heterocycles. The lowest BCUT2D eigenvalue weighted by atomic mass is 10.4. The summed E-state index contributed by atoms with van der Waals surface area (Å²) >= 11 is 2.21. The Morgan fingerprint density at radius 2 is 2.14 bits per heavy atom. The van der Waals surface area contributed by atoms with Crippen LogP contribution in [0.4, 0.5) is 5.82 Å². The number of rotatable bonds is 2. The summed E-state index contributed by atoms with van der Waals surface area (Å²) in [6, 6.07) is 0. The summed E-state index contributed by atoms with van der Waals surface area (Å²) in [4.78, 5) is 8.09. The van der Waals surface area contributed by atoms with E-state index in [0.717, 1.165) is 9.26 Å². The standard InChI is InChI=1S/C8H8IN5/c9-6-1-13-14(4-6)5-7-2-12-8(10)3-11-7/h1-4H,5H2,(H2,10,12). The van der Waals surface area contributed by atoms with Crippen molar-refractivity contribution in [1.82, 2.24) is 19.7 Å². The number of aromatic nitrogens is 4. The smallest absolute Gasteiger partial charge is 0.141 e. The fourth-order valence-corrected chi connectivity index (χ4v) is 1.48. The Morgan fingerprint density at radius 3 is 2.71 bits per heavy atom. The Kier molecular flexibility index (Phi) is 2.62. The van der Waals surface area contributed by atoms with Crippen molar-refractivity contribution < 1.29 is 0 Å². The fourth-order valence-electron chi connectivity index (χ4n) is 1.04. The highest BCUT2D eigenvalue weighted by Crippen LogP contribution is 2.03. The summed E-state index contributed by atoms with van der Waals surface area (Å²) in [6.45, 7) is 0.621. The first-order chi connectivity index (χ1) is 6.74. The number of anilines is 1. The fraction of sp³-hybridized carbons (Fsp3) is 0.125. The topological polar surface area (TPSA) is 69.6 Å². The molecule has 2 aromatic heterocycles. The molecular weight excluding hydrogens is 293 g/mol. The lowest BCUT2D eigenvalue weighted by molar-refractivity contribution is 0.670. The Hall–Kier alpha value is -1.18. The van der Waals surface area contributed by atoms with Crippen molar-refractivity contribution in [3.8, 4) is 0 Å². The largest absolute Gasteiger partial charge is 0.382 e. The van der Waals surface area contributed by atoms with Crippen molar-refractivity contribution in [2.45, 2.75) is 6.54 Å². The van der Waals surface area contributed by atoms with Crippen molar-refractivity contribution in [2.24, 2.45) is 0 Å². The summed E-state index contributed by atoms with van der Waals surface area (Å²) in [6.07, 6.45) is 6.94. The molecule has 14 heavy (non-hydrogen) atoms. The van der Waals surface area contributed by atoms with Gasteiger partial charge in [0.25, 0.3) is 0 Å². The lowest BCUT2D eigenvalue weighted by Gasteiger charge is -1.99. The van der Waals surface area contributed by atoms with E-state index in [9.17, 15) is 0 Å². The molecule has 72 valence electrons. The van der Waals surface area contributed by atoms with Crippen LogP contribution in [0, 0.1) is 3.57 Å². The second kappa shape index (κ2) is 3.91. The molecule has 0 radical (unpaired) electrons. The average molecular weight is 301 g/mol. The van der Waals surface area contributed by atoms with Gasteiger partial charge in [0.15, 0.2) is 0 Å². The second-order valence-electron chi connectivity index (χ2n) is 2.79. The minimum absolute atomic E-state index is 0.434. The van der Waals surface area contributed by atoms with Gasteiger partial charge in [0, 0.05) is 6.20 Å². The van der Waals surface area contributed by atoms with Gasteiger partial charge in [0.2, 0.25) is 0 Å². The van der Waals surface area contributed by atoms with Crippen LogP contribution in [0.2, 0.25) is 0 Å². The molecule has 6 heteroatoms. The number of nitrogen functional groups attached to an aromatic ring is 1. The first-order valence-corrected chi connectivity index (χ1v) is 5.06. The maximum Gasteiger partial charge on any atom is 0.141 e. The Balaban J connectivity index is 2.15. The van der Waals surface area contributed by atoms with Crippen molar-refractivity contribution in [1.29, 1.82) is 0 Å². The molecule has 0 aromatic carbocycles. The van der Waals surface area contributed by atoms with Gasteiger partial charge < -0.3 is 5.73 Å². The summed E-state index contributed by atoms with van der Waals surface area (Å²) in [7, 11) is 0. The van der Waals surface area contributed by atoms with Gasteiger partial charge in [0.1, 0.15) is 5.82 Å². The van der Waals surface area contributed by atoms with Gasteiger partial charge in [-0.1, -0.05) is 0 Å². The molecule has 5 nitrogen and oxygen atoms in total. The molecule has 0 amide bonds. The number of nitrogens with zero attached hydrogens (tertiary/aromatic N) is 4. The first kappa shape index (κ1) is 9.38. The molecule has 2 heterocycles. The van der Waals surface area contributed by atoms with Crippen molar-refractivity contribution in [3.05, 3.63) is 34.1 Å². The summed E-state index contributed by atoms with van der Waals surface area (Å²) < 4.78 is 2.91. The average Bonchev–Trinajstić information content (AvgIpc) is 2.56. The van der Waals surface area contributed by atoms with E-state index in [1.807, 2.05) is 10.9 Å². The highest BCUT2D eigenvalue weighted by atomic mass is 127. The Morgan fingerprint density at radius 1 is 1.29 bits per heavy atom. The van der Waals surface area contributed by atoms with Crippen LogP contribution in [0.15, 0.2) is 24.8 Å². The molecule has 0 saturated carbocycles. The predicted octanol–water partition coefficient (Wildman–Crippen LogP) is 0.908. The number of hydrogen-bond acceptors (Lipinski definition) is 4. The quantitative estimate of drug-likeness (QED) is 0.837. The number of nitrogens with two attached hydrogens (primary N) is 1. The van der Waals surface area contributed by atoms with Crippen LogP contribution in [0.3, 0.4) is 0 Å². The third-order valence-electron chi connectivity index (χ3n) is 1.65. The minimum Gasteiger partial charge on any atom is -0.382 e. The monoisotopic (exact) mass is 301 g/mol. The summed E-state index contributed by atoms with van der Waals surface area (Å²) in [5.41, 5.74) is 6.27. The molecule has 0 aliphatic rings. The lowest BCUT2D eigenvalue weighted by Crippen LogP contribution is -2.03. The van der Waals surface area contributed by atoms with E-state index in [0.29, 0.717) is 12.4 Å². The molecule has 0 aliphatic heterocycles. The van der Waals surface area contributed by atoms with Crippen molar-refractivity contribution in [3.63, 3.8) is 0 Å². The van der Waals surface area contributed by atoms with E-state index in [1.54, 1.807) is 18.6 Å². The zero-order chi connectivity index (χ0) is 9.97. The van der Waals surface area contributed by atoms with E-state index in [2.05, 4.69) is 37.7 Å². The van der Waals surface area contributed by atoms with Crippen molar-refractivity contribution in [2.75, 3.05) is 5.73 Å². The molecule has 2 aromatic rings. The molecule has 0 atom stereocenters. The van der Waals surface area contributed by atoms with Gasteiger partial charge in [-0.2, -0.15) is 5.10 Å². The van der Waals surface area contributed by atoms with Gasteiger partial charge in [0.05, 0.1) is 34.4 Å². The SMILES string of the molecule is Nc1cnc(Cn2cc(I)cn2)cn1. The molecule has 0 unspecified atom stereocenters. The first-order valence-electron chi connectivity index (χ1n) is 3.98. The third-order valence-corrected chi connectivity index (χ3v) is 2.21. The summed E-state index contributed by atoms with van der Waals surface area (Å²) in [5, 5.41) is 4.14. The number of halogens is 1. The van der Waals surface area contributed by atoms with Crippen LogP contribution in [0.5, 0.6) is 0 Å². The van der Waals surface area contributed by atoms with E-state index in [-0.39, 0.29) is 0 Å². The van der Waals surface area contributed by atoms with Crippen LogP contribution in [0.1, 0.15) is 5.69 Å². The molecule has 0 aliphatic carbocycles. The zero-order valence-corrected chi connectivity index (χ0v) is 9.42. The van der Waals surface area contributed by atoms with Crippen LogP contribution in [-0.4, -0.2) is 19.7 Å². The van der Waals surface area contributed by atoms with Gasteiger partial charge in [-0.15, -0.1) is 0 Å². The second-order valence-corrected chi connectivity index (χ2v) is 4.03. The highest BCUT2D eigenvalue weighted by Gasteiger charge is 1.98. The van der Waals surface area contributed by atoms with Gasteiger partial charge in [-0.3, -0.25) is 9.67 Å². The van der Waals surface area contributed by atoms with E-state index >= 15 is 0 Å². The molecule has 0 bridgehead atoms. The summed E-state index contributed by atoms with van der Waals surface area (Å²) in [5.74, 6) is 0.434. The van der Waals surface area contributed by atoms with Crippen LogP contribution >= 0.6 is 22.6 Å². The molecule has 2 rings (SSSR count). The maximum atomic E-state index is 5.43.